The molecule has 7 nitrogen and oxygen atoms in total. The molecule has 4 aliphatic rings. The Morgan fingerprint density at radius 3 is 2.86 bits per heavy atom. The Morgan fingerprint density at radius 2 is 2.11 bits per heavy atom. The Balaban J connectivity index is 1.23. The zero-order valence-corrected chi connectivity index (χ0v) is 25.8. The van der Waals surface area contributed by atoms with Crippen LogP contribution in [-0.4, -0.2) is 43.7 Å². The van der Waals surface area contributed by atoms with Crippen LogP contribution in [0.4, 0.5) is 4.39 Å². The van der Waals surface area contributed by atoms with Crippen LogP contribution >= 0.6 is 11.8 Å². The van der Waals surface area contributed by atoms with Crippen LogP contribution in [0.25, 0.3) is 17.8 Å². The molecule has 0 spiro atoms. The van der Waals surface area contributed by atoms with E-state index in [1.54, 1.807) is 6.07 Å². The van der Waals surface area contributed by atoms with Crippen molar-refractivity contribution in [1.82, 2.24) is 9.78 Å². The molecule has 0 saturated heterocycles. The van der Waals surface area contributed by atoms with E-state index in [0.717, 1.165) is 41.8 Å². The van der Waals surface area contributed by atoms with Crippen LogP contribution in [0.3, 0.4) is 0 Å². The summed E-state index contributed by atoms with van der Waals surface area (Å²) < 4.78 is 26.9. The van der Waals surface area contributed by atoms with Gasteiger partial charge in [0.1, 0.15) is 6.01 Å². The number of halogens is 1. The highest BCUT2D eigenvalue weighted by atomic mass is 32.2. The van der Waals surface area contributed by atoms with Crippen molar-refractivity contribution >= 4 is 35.0 Å². The molecule has 7 rings (SSSR count). The number of aliphatic hydroxyl groups excluding tert-OH is 1. The van der Waals surface area contributed by atoms with Gasteiger partial charge in [-0.3, -0.25) is 4.79 Å². The van der Waals surface area contributed by atoms with Gasteiger partial charge in [0, 0.05) is 5.41 Å². The maximum atomic E-state index is 13.7. The van der Waals surface area contributed by atoms with Gasteiger partial charge in [0.15, 0.2) is 5.60 Å². The first-order chi connectivity index (χ1) is 21.1. The zero-order valence-electron chi connectivity index (χ0n) is 25.0. The van der Waals surface area contributed by atoms with E-state index in [-0.39, 0.29) is 35.3 Å². The van der Waals surface area contributed by atoms with Gasteiger partial charge in [-0.25, -0.2) is 13.9 Å². The quantitative estimate of drug-likeness (QED) is 0.297. The number of esters is 1. The molecule has 0 amide bonds. The summed E-state index contributed by atoms with van der Waals surface area (Å²) in [6.45, 7) is 8.13. The number of benzene rings is 1. The summed E-state index contributed by atoms with van der Waals surface area (Å²) in [6.07, 6.45) is 10.4. The van der Waals surface area contributed by atoms with Gasteiger partial charge in [0.05, 0.1) is 29.9 Å². The monoisotopic (exact) mass is 616 g/mol. The first kappa shape index (κ1) is 29.3. The third-order valence-corrected chi connectivity index (χ3v) is 12.1. The normalized spacial score (nSPS) is 33.8. The van der Waals surface area contributed by atoms with Crippen LogP contribution in [-0.2, 0) is 16.0 Å². The predicted molar refractivity (Wildman–Crippen MR) is 167 cm³/mol. The topological polar surface area (TPSA) is 94.6 Å². The Kier molecular flexibility index (Phi) is 7.05. The first-order valence-electron chi connectivity index (χ1n) is 15.3. The van der Waals surface area contributed by atoms with E-state index in [1.807, 2.05) is 42.1 Å². The molecule has 44 heavy (non-hydrogen) atoms. The smallest absolute Gasteiger partial charge is 0.375 e. The number of nitrogens with zero attached hydrogens (tertiary/aromatic N) is 2. The molecular formula is C35H37FN2O5S. The molecule has 2 aromatic heterocycles. The number of rotatable bonds is 6. The van der Waals surface area contributed by atoms with Crippen molar-refractivity contribution in [3.05, 3.63) is 83.6 Å². The summed E-state index contributed by atoms with van der Waals surface area (Å²) in [6, 6.07) is 10.3. The third kappa shape index (κ3) is 4.15. The first-order valence-corrected chi connectivity index (χ1v) is 16.3. The minimum Gasteiger partial charge on any atom is -0.457 e. The van der Waals surface area contributed by atoms with Crippen LogP contribution in [0.2, 0.25) is 0 Å². The van der Waals surface area contributed by atoms with Crippen molar-refractivity contribution < 1.29 is 28.2 Å². The lowest BCUT2D eigenvalue weighted by atomic mass is 9.45. The lowest BCUT2D eigenvalue weighted by Gasteiger charge is -2.60. The molecule has 3 saturated carbocycles. The van der Waals surface area contributed by atoms with Gasteiger partial charge in [-0.2, -0.15) is 5.10 Å². The summed E-state index contributed by atoms with van der Waals surface area (Å²) in [7, 11) is 0. The van der Waals surface area contributed by atoms with Crippen LogP contribution in [0, 0.1) is 28.6 Å². The number of alkyl halides is 1. The summed E-state index contributed by atoms with van der Waals surface area (Å²) in [5, 5.41) is 16.3. The largest absolute Gasteiger partial charge is 0.457 e. The number of ether oxygens (including phenoxy) is 1. The fraction of sp³-hybridized carbons (Fsp3) is 0.457. The number of aromatic nitrogens is 2. The number of furan rings is 1. The molecule has 2 heterocycles. The van der Waals surface area contributed by atoms with Crippen LogP contribution in [0.1, 0.15) is 73.3 Å². The number of hydrogen-bond acceptors (Lipinski definition) is 7. The van der Waals surface area contributed by atoms with Crippen molar-refractivity contribution in [3.63, 3.8) is 0 Å². The van der Waals surface area contributed by atoms with E-state index < -0.39 is 34.2 Å². The van der Waals surface area contributed by atoms with Gasteiger partial charge < -0.3 is 14.3 Å². The molecule has 0 bridgehead atoms. The Hall–Kier alpha value is -3.43. The standard InChI is InChI=1S/C35H37FN2O5S/c1-4-21-7-5-8-24(15-21)38-27-16-23-10-11-25-26-12-13-35(32(41)44-20-36,43-31(40)29-9-6-14-42-29)34(26,3)18-28(39)30(25)33(23,2)17-22(27)19-37-38/h4-9,14-16,19,25-26,28,30,39H,1,10-13,17-18,20H2,2-3H3/t25-,26-,28-,30+,33-,34-,35-/m0/s1. The van der Waals surface area contributed by atoms with Gasteiger partial charge in [-0.05, 0) is 115 Å². The minimum absolute atomic E-state index is 0.00144. The van der Waals surface area contributed by atoms with Crippen molar-refractivity contribution in [1.29, 1.82) is 0 Å². The maximum Gasteiger partial charge on any atom is 0.375 e. The third-order valence-electron chi connectivity index (χ3n) is 11.4. The Bertz CT molecular complexity index is 1660. The Labute approximate surface area is 260 Å². The Morgan fingerprint density at radius 1 is 1.27 bits per heavy atom. The van der Waals surface area contributed by atoms with E-state index in [4.69, 9.17) is 14.3 Å². The zero-order chi connectivity index (χ0) is 30.9. The molecule has 4 aliphatic carbocycles. The lowest BCUT2D eigenvalue weighted by Crippen LogP contribution is -2.62. The molecule has 9 heteroatoms. The number of aliphatic hydroxyl groups is 1. The van der Waals surface area contributed by atoms with Crippen molar-refractivity contribution in [2.45, 2.75) is 64.1 Å². The molecule has 0 unspecified atom stereocenters. The lowest BCUT2D eigenvalue weighted by molar-refractivity contribution is -0.175. The number of thioether (sulfide) groups is 1. The molecule has 3 fully saturated rings. The summed E-state index contributed by atoms with van der Waals surface area (Å²) in [4.78, 5) is 26.9. The summed E-state index contributed by atoms with van der Waals surface area (Å²) in [5.41, 5.74) is 2.84. The molecular weight excluding hydrogens is 579 g/mol. The highest BCUT2D eigenvalue weighted by molar-refractivity contribution is 8.13. The van der Waals surface area contributed by atoms with E-state index in [2.05, 4.69) is 25.6 Å². The average molecular weight is 617 g/mol. The highest BCUT2D eigenvalue weighted by Crippen LogP contribution is 2.69. The van der Waals surface area contributed by atoms with E-state index >= 15 is 0 Å². The SMILES string of the molecule is C=Cc1cccc(-n2ncc3c2C=C2CC[C@@H]4[C@H]([C@@H](O)C[C@@]5(C)[C@H]4CC[C@]5(OC(=O)c4ccco4)C(=O)SCF)[C@@]2(C)C3)c1. The van der Waals surface area contributed by atoms with Crippen molar-refractivity contribution in [2.24, 2.45) is 28.6 Å². The van der Waals surface area contributed by atoms with E-state index in [1.165, 1.54) is 17.9 Å². The van der Waals surface area contributed by atoms with Gasteiger partial charge in [0.2, 0.25) is 10.9 Å². The van der Waals surface area contributed by atoms with Crippen LogP contribution in [0.5, 0.6) is 0 Å². The molecule has 1 N–H and O–H groups in total. The van der Waals surface area contributed by atoms with Crippen molar-refractivity contribution in [3.8, 4) is 5.69 Å². The molecule has 230 valence electrons. The number of hydrogen-bond donors (Lipinski definition) is 1. The average Bonchev–Trinajstić information content (AvgIpc) is 3.74. The van der Waals surface area contributed by atoms with Gasteiger partial charge >= 0.3 is 5.97 Å². The number of allylic oxidation sites excluding steroid dienone is 1. The van der Waals surface area contributed by atoms with Gasteiger partial charge in [-0.1, -0.05) is 44.2 Å². The van der Waals surface area contributed by atoms with Crippen molar-refractivity contribution in [2.75, 3.05) is 6.01 Å². The second kappa shape index (κ2) is 10.6. The fourth-order valence-corrected chi connectivity index (χ4v) is 10.2. The van der Waals surface area contributed by atoms with E-state index in [9.17, 15) is 19.1 Å². The summed E-state index contributed by atoms with van der Waals surface area (Å²) >= 11 is 0.545. The second-order valence-electron chi connectivity index (χ2n) is 13.3. The van der Waals surface area contributed by atoms with Gasteiger partial charge in [0.25, 0.3) is 0 Å². The molecule has 7 atom stereocenters. The fourth-order valence-electron chi connectivity index (χ4n) is 9.48. The number of fused-ring (bicyclic) bond motifs is 6. The highest BCUT2D eigenvalue weighted by Gasteiger charge is 2.70. The van der Waals surface area contributed by atoms with Crippen LogP contribution in [0.15, 0.2) is 65.4 Å². The molecule has 1 aromatic carbocycles. The molecule has 3 aromatic rings. The maximum absolute atomic E-state index is 13.7. The number of carbonyl (C=O) groups is 2. The molecule has 0 radical (unpaired) electrons. The van der Waals surface area contributed by atoms with E-state index in [0.29, 0.717) is 24.6 Å². The summed E-state index contributed by atoms with van der Waals surface area (Å²) in [5.74, 6) is -0.648. The minimum atomic E-state index is -1.55. The van der Waals surface area contributed by atoms with Crippen LogP contribution < -0.4 is 0 Å². The van der Waals surface area contributed by atoms with Gasteiger partial charge in [-0.15, -0.1) is 0 Å². The molecule has 0 aliphatic heterocycles. The second-order valence-corrected chi connectivity index (χ2v) is 14.2. The predicted octanol–water partition coefficient (Wildman–Crippen LogP) is 7.04. The number of carbonyl (C=O) groups excluding carboxylic acids is 2.